The molecule has 182 valence electrons. The molecule has 1 spiro atoms. The molecular weight excluding hydrogens is 487 g/mol. The topological polar surface area (TPSA) is 45.1 Å². The number of rotatable bonds is 4. The molecule has 0 saturated carbocycles. The Morgan fingerprint density at radius 2 is 2.06 bits per heavy atom. The Balaban J connectivity index is 1.27. The smallest absolute Gasteiger partial charge is 0.297 e. The van der Waals surface area contributed by atoms with E-state index in [-0.39, 0.29) is 23.0 Å². The molecule has 1 fully saturated rings. The lowest BCUT2D eigenvalue weighted by Gasteiger charge is -2.45. The average Bonchev–Trinajstić information content (AvgIpc) is 3.36. The zero-order chi connectivity index (χ0) is 24.3. The highest BCUT2D eigenvalue weighted by atomic mass is 35.5. The van der Waals surface area contributed by atoms with Gasteiger partial charge in [0.15, 0.2) is 5.78 Å². The van der Waals surface area contributed by atoms with Gasteiger partial charge in [-0.3, -0.25) is 9.80 Å². The van der Waals surface area contributed by atoms with Crippen LogP contribution in [0.4, 0.5) is 18.9 Å². The SMILES string of the molecule is CC(=O)c1cccc(F)c1N1CC(CN2CCC3(CC2)OCC(F)(F)c2cc(Cl)sc23)C(C)=N1. The van der Waals surface area contributed by atoms with E-state index in [0.717, 1.165) is 5.71 Å². The second-order valence-electron chi connectivity index (χ2n) is 9.29. The first-order chi connectivity index (χ1) is 16.1. The minimum atomic E-state index is -3.02. The molecule has 3 aliphatic heterocycles. The van der Waals surface area contributed by atoms with Crippen LogP contribution in [0.2, 0.25) is 4.34 Å². The van der Waals surface area contributed by atoms with Crippen LogP contribution >= 0.6 is 22.9 Å². The molecule has 3 aliphatic rings. The van der Waals surface area contributed by atoms with E-state index in [4.69, 9.17) is 16.3 Å². The van der Waals surface area contributed by atoms with Crippen LogP contribution in [0.3, 0.4) is 0 Å². The largest absolute Gasteiger partial charge is 0.363 e. The summed E-state index contributed by atoms with van der Waals surface area (Å²) in [7, 11) is 0. The van der Waals surface area contributed by atoms with Crippen LogP contribution in [-0.4, -0.2) is 49.2 Å². The summed E-state index contributed by atoms with van der Waals surface area (Å²) in [5.74, 6) is -3.63. The summed E-state index contributed by atoms with van der Waals surface area (Å²) in [5.41, 5.74) is 0.684. The van der Waals surface area contributed by atoms with Crippen molar-refractivity contribution >= 4 is 40.1 Å². The van der Waals surface area contributed by atoms with Gasteiger partial charge in [-0.15, -0.1) is 11.3 Å². The maximum atomic E-state index is 14.6. The second-order valence-corrected chi connectivity index (χ2v) is 11.0. The van der Waals surface area contributed by atoms with Crippen LogP contribution in [0.15, 0.2) is 29.4 Å². The molecule has 0 amide bonds. The first kappa shape index (κ1) is 23.8. The van der Waals surface area contributed by atoms with Crippen molar-refractivity contribution in [2.45, 2.75) is 38.2 Å². The lowest BCUT2D eigenvalue weighted by atomic mass is 9.84. The van der Waals surface area contributed by atoms with Gasteiger partial charge >= 0.3 is 0 Å². The summed E-state index contributed by atoms with van der Waals surface area (Å²) in [6.45, 7) is 5.25. The quantitative estimate of drug-likeness (QED) is 0.496. The van der Waals surface area contributed by atoms with E-state index in [1.165, 1.54) is 36.5 Å². The first-order valence-electron chi connectivity index (χ1n) is 11.3. The Hall–Kier alpha value is -1.94. The second kappa shape index (κ2) is 8.62. The van der Waals surface area contributed by atoms with Gasteiger partial charge in [0.25, 0.3) is 5.92 Å². The predicted octanol–water partition coefficient (Wildman–Crippen LogP) is 5.67. The van der Waals surface area contributed by atoms with E-state index < -0.39 is 23.9 Å². The van der Waals surface area contributed by atoms with Crippen molar-refractivity contribution in [3.63, 3.8) is 0 Å². The summed E-state index contributed by atoms with van der Waals surface area (Å²) in [6.07, 6.45) is 1.20. The molecule has 10 heteroatoms. The number of piperidine rings is 1. The van der Waals surface area contributed by atoms with E-state index in [1.54, 1.807) is 11.1 Å². The fourth-order valence-corrected chi connectivity index (χ4v) is 6.65. The molecule has 34 heavy (non-hydrogen) atoms. The van der Waals surface area contributed by atoms with Crippen LogP contribution in [0, 0.1) is 11.7 Å². The molecule has 2 aromatic rings. The minimum absolute atomic E-state index is 0.00257. The van der Waals surface area contributed by atoms with E-state index in [2.05, 4.69) is 10.0 Å². The summed E-state index contributed by atoms with van der Waals surface area (Å²) >= 11 is 7.29. The van der Waals surface area contributed by atoms with Gasteiger partial charge in [-0.05, 0) is 44.9 Å². The Morgan fingerprint density at radius 1 is 1.32 bits per heavy atom. The van der Waals surface area contributed by atoms with Crippen molar-refractivity contribution in [3.8, 4) is 0 Å². The number of fused-ring (bicyclic) bond motifs is 2. The van der Waals surface area contributed by atoms with Crippen LogP contribution < -0.4 is 5.01 Å². The molecule has 0 N–H and O–H groups in total. The molecule has 1 unspecified atom stereocenters. The normalized spacial score (nSPS) is 23.8. The maximum Gasteiger partial charge on any atom is 0.297 e. The van der Waals surface area contributed by atoms with Crippen LogP contribution in [0.25, 0.3) is 0 Å². The van der Waals surface area contributed by atoms with E-state index in [0.29, 0.717) is 53.8 Å². The number of nitrogens with zero attached hydrogens (tertiary/aromatic N) is 3. The highest BCUT2D eigenvalue weighted by Crippen LogP contribution is 2.52. The fraction of sp³-hybridized carbons (Fsp3) is 0.500. The molecule has 0 radical (unpaired) electrons. The minimum Gasteiger partial charge on any atom is -0.363 e. The van der Waals surface area contributed by atoms with Gasteiger partial charge in [0.05, 0.1) is 10.9 Å². The van der Waals surface area contributed by atoms with Crippen molar-refractivity contribution in [1.29, 1.82) is 0 Å². The lowest BCUT2D eigenvalue weighted by molar-refractivity contribution is -0.181. The van der Waals surface area contributed by atoms with Crippen LogP contribution in [-0.2, 0) is 16.3 Å². The number of hydrogen-bond donors (Lipinski definition) is 0. The summed E-state index contributed by atoms with van der Waals surface area (Å²) in [5, 5.41) is 6.14. The van der Waals surface area contributed by atoms with E-state index in [1.807, 2.05) is 6.92 Å². The summed E-state index contributed by atoms with van der Waals surface area (Å²) in [4.78, 5) is 14.8. The Labute approximate surface area is 205 Å². The van der Waals surface area contributed by atoms with Gasteiger partial charge in [-0.1, -0.05) is 17.7 Å². The molecule has 1 atom stereocenters. The maximum absolute atomic E-state index is 14.6. The Kier molecular flexibility index (Phi) is 6.03. The van der Waals surface area contributed by atoms with Gasteiger partial charge < -0.3 is 9.64 Å². The lowest BCUT2D eigenvalue weighted by Crippen LogP contribution is -2.50. The number of likely N-dealkylation sites (tertiary alicyclic amines) is 1. The van der Waals surface area contributed by atoms with E-state index >= 15 is 0 Å². The number of Topliss-reactive ketones (excluding diaryl/α,β-unsaturated/α-hetero) is 1. The average molecular weight is 512 g/mol. The molecule has 0 bridgehead atoms. The first-order valence-corrected chi connectivity index (χ1v) is 12.5. The summed E-state index contributed by atoms with van der Waals surface area (Å²) < 4.78 is 49.5. The standard InChI is InChI=1S/C24H25ClF3N3O2S/c1-14-16(12-31(29-14)21-17(15(2)32)4-3-5-19(21)26)11-30-8-6-23(7-9-30)22-18(10-20(25)34-22)24(27,28)13-33-23/h3-5,10,16H,6-9,11-13H2,1-2H3. The number of anilines is 1. The molecule has 4 heterocycles. The number of carbonyl (C=O) groups excluding carboxylic acids is 1. The number of halogens is 4. The number of carbonyl (C=O) groups is 1. The third-order valence-corrected chi connectivity index (χ3v) is 8.52. The van der Waals surface area contributed by atoms with Gasteiger partial charge in [-0.25, -0.2) is 4.39 Å². The zero-order valence-corrected chi connectivity index (χ0v) is 20.5. The predicted molar refractivity (Wildman–Crippen MR) is 127 cm³/mol. The number of ketones is 1. The van der Waals surface area contributed by atoms with Gasteiger partial charge in [0, 0.05) is 47.3 Å². The van der Waals surface area contributed by atoms with Gasteiger partial charge in [0.2, 0.25) is 0 Å². The van der Waals surface area contributed by atoms with Crippen molar-refractivity contribution in [2.75, 3.05) is 37.8 Å². The van der Waals surface area contributed by atoms with E-state index in [9.17, 15) is 18.0 Å². The molecule has 5 nitrogen and oxygen atoms in total. The zero-order valence-electron chi connectivity index (χ0n) is 18.9. The molecule has 0 aliphatic carbocycles. The molecule has 1 aromatic heterocycles. The molecule has 1 saturated heterocycles. The Morgan fingerprint density at radius 3 is 2.76 bits per heavy atom. The number of ether oxygens (including phenoxy) is 1. The van der Waals surface area contributed by atoms with Crippen LogP contribution in [0.5, 0.6) is 0 Å². The molecule has 1 aromatic carbocycles. The molecule has 5 rings (SSSR count). The summed E-state index contributed by atoms with van der Waals surface area (Å²) in [6, 6.07) is 5.85. The third kappa shape index (κ3) is 4.06. The Bertz CT molecular complexity index is 1160. The van der Waals surface area contributed by atoms with Crippen LogP contribution in [0.1, 0.15) is 47.5 Å². The third-order valence-electron chi connectivity index (χ3n) is 7.07. The number of alkyl halides is 2. The van der Waals surface area contributed by atoms with Crippen molar-refractivity contribution in [2.24, 2.45) is 11.0 Å². The number of thiophene rings is 1. The van der Waals surface area contributed by atoms with Gasteiger partial charge in [0.1, 0.15) is 23.7 Å². The monoisotopic (exact) mass is 511 g/mol. The number of para-hydroxylation sites is 1. The van der Waals surface area contributed by atoms with Gasteiger partial charge in [-0.2, -0.15) is 13.9 Å². The highest BCUT2D eigenvalue weighted by molar-refractivity contribution is 7.16. The van der Waals surface area contributed by atoms with Crippen molar-refractivity contribution in [3.05, 3.63) is 50.4 Å². The van der Waals surface area contributed by atoms with Crippen molar-refractivity contribution < 1.29 is 22.7 Å². The highest BCUT2D eigenvalue weighted by Gasteiger charge is 2.51. The fourth-order valence-electron chi connectivity index (χ4n) is 5.17. The van der Waals surface area contributed by atoms with Crippen molar-refractivity contribution in [1.82, 2.24) is 4.90 Å². The molecular formula is C24H25ClF3N3O2S. The number of benzene rings is 1. The number of hydrogen-bond acceptors (Lipinski definition) is 6. The number of hydrazone groups is 1.